The van der Waals surface area contributed by atoms with E-state index in [1.54, 1.807) is 0 Å². The Labute approximate surface area is 70.5 Å². The Bertz CT molecular complexity index is 198. The summed E-state index contributed by atoms with van der Waals surface area (Å²) in [6, 6.07) is 8.03. The molecule has 0 saturated heterocycles. The molecule has 0 radical (unpaired) electrons. The first-order chi connectivity index (χ1) is 4.34. The van der Waals surface area contributed by atoms with E-state index in [4.69, 9.17) is 11.6 Å². The first-order valence-corrected chi connectivity index (χ1v) is 6.20. The molecule has 0 amide bonds. The summed E-state index contributed by atoms with van der Waals surface area (Å²) >= 11 is 6.01. The van der Waals surface area contributed by atoms with Gasteiger partial charge < -0.3 is 0 Å². The predicted molar refractivity (Wildman–Crippen MR) is 36.1 cm³/mol. The van der Waals surface area contributed by atoms with E-state index in [0.717, 1.165) is 5.02 Å². The number of rotatable bonds is 1. The highest BCUT2D eigenvalue weighted by atomic mass is 127. The topological polar surface area (TPSA) is 0 Å². The molecule has 1 rings (SSSR count). The molecular weight excluding hydrogens is 246 g/mol. The van der Waals surface area contributed by atoms with Gasteiger partial charge in [-0.3, -0.25) is 0 Å². The van der Waals surface area contributed by atoms with Gasteiger partial charge in [0.25, 0.3) is 0 Å². The van der Waals surface area contributed by atoms with Gasteiger partial charge in [-0.05, 0) is 12.1 Å². The van der Waals surface area contributed by atoms with Crippen molar-refractivity contribution in [3.8, 4) is 0 Å². The van der Waals surface area contributed by atoms with Gasteiger partial charge in [-0.2, -0.15) is 0 Å². The van der Waals surface area contributed by atoms with Crippen LogP contribution in [0.2, 0.25) is 5.02 Å². The van der Waals surface area contributed by atoms with Crippen LogP contribution >= 0.6 is 11.6 Å². The summed E-state index contributed by atoms with van der Waals surface area (Å²) in [6.07, 6.45) is 0. The van der Waals surface area contributed by atoms with Crippen LogP contribution in [-0.4, -0.2) is 4.93 Å². The molecule has 1 aromatic carbocycles. The van der Waals surface area contributed by atoms with Gasteiger partial charge in [0.2, 0.25) is 3.57 Å². The van der Waals surface area contributed by atoms with Crippen molar-refractivity contribution >= 4 is 11.6 Å². The molecule has 0 fully saturated rings. The number of benzene rings is 1. The van der Waals surface area contributed by atoms with Gasteiger partial charge in [-0.25, -0.2) is 0 Å². The Kier molecular flexibility index (Phi) is 2.79. The maximum Gasteiger partial charge on any atom is 0.311 e. The molecule has 0 aliphatic rings. The van der Waals surface area contributed by atoms with E-state index in [1.165, 1.54) is 3.57 Å². The number of hydrogen-bond acceptors (Lipinski definition) is 0. The molecule has 0 saturated carbocycles. The number of halogens is 2. The summed E-state index contributed by atoms with van der Waals surface area (Å²) < 4.78 is 1.33. The van der Waals surface area contributed by atoms with Crippen molar-refractivity contribution in [1.29, 1.82) is 0 Å². The lowest BCUT2D eigenvalue weighted by molar-refractivity contribution is -0.597. The normalized spacial score (nSPS) is 9.56. The van der Waals surface area contributed by atoms with Gasteiger partial charge in [0, 0.05) is 0 Å². The van der Waals surface area contributed by atoms with E-state index < -0.39 is 0 Å². The van der Waals surface area contributed by atoms with Crippen LogP contribution in [0.5, 0.6) is 0 Å². The summed E-state index contributed by atoms with van der Waals surface area (Å²) in [4.78, 5) is 2.21. The fourth-order valence-corrected chi connectivity index (χ4v) is 2.47. The van der Waals surface area contributed by atoms with Crippen LogP contribution in [0.4, 0.5) is 0 Å². The minimum Gasteiger partial charge on any atom is -0.0794 e. The van der Waals surface area contributed by atoms with Crippen molar-refractivity contribution in [1.82, 2.24) is 0 Å². The highest BCUT2D eigenvalue weighted by Gasteiger charge is 2.07. The van der Waals surface area contributed by atoms with Crippen molar-refractivity contribution < 1.29 is 21.2 Å². The average molecular weight is 253 g/mol. The third-order valence-corrected chi connectivity index (χ3v) is 3.78. The molecule has 0 spiro atoms. The van der Waals surface area contributed by atoms with Crippen molar-refractivity contribution in [3.63, 3.8) is 0 Å². The van der Waals surface area contributed by atoms with Gasteiger partial charge in [0.1, 0.15) is 4.93 Å². The van der Waals surface area contributed by atoms with E-state index in [1.807, 2.05) is 18.2 Å². The summed E-state index contributed by atoms with van der Waals surface area (Å²) in [6.45, 7) is 0. The molecule has 0 aliphatic carbocycles. The van der Waals surface area contributed by atoms with E-state index in [9.17, 15) is 0 Å². The molecule has 0 atom stereocenters. The Balaban J connectivity index is 3.01. The maximum atomic E-state index is 5.85. The second-order valence-corrected chi connectivity index (χ2v) is 4.25. The average Bonchev–Trinajstić information content (AvgIpc) is 1.89. The zero-order chi connectivity index (χ0) is 6.69. The predicted octanol–water partition coefficient (Wildman–Crippen LogP) is -0.772. The van der Waals surface area contributed by atoms with Crippen LogP contribution in [0.25, 0.3) is 0 Å². The Morgan fingerprint density at radius 3 is 2.44 bits per heavy atom. The molecule has 0 aromatic heterocycles. The summed E-state index contributed by atoms with van der Waals surface area (Å²) in [7, 11) is 0. The molecule has 1 aromatic rings. The van der Waals surface area contributed by atoms with E-state index >= 15 is 0 Å². The van der Waals surface area contributed by atoms with Crippen molar-refractivity contribution in [2.75, 3.05) is 4.93 Å². The molecule has 0 nitrogen and oxygen atoms in total. The maximum absolute atomic E-state index is 5.85. The minimum absolute atomic E-state index is 0.156. The zero-order valence-electron chi connectivity index (χ0n) is 5.07. The molecule has 0 unspecified atom stereocenters. The highest BCUT2D eigenvalue weighted by Crippen LogP contribution is 2.04. The molecular formula is C7H7ClI+. The Morgan fingerprint density at radius 2 is 2.00 bits per heavy atom. The monoisotopic (exact) mass is 253 g/mol. The van der Waals surface area contributed by atoms with Crippen LogP contribution in [0.1, 0.15) is 0 Å². The van der Waals surface area contributed by atoms with Crippen LogP contribution in [0, 0.1) is 3.57 Å². The van der Waals surface area contributed by atoms with Gasteiger partial charge in [-0.15, -0.1) is 0 Å². The van der Waals surface area contributed by atoms with Crippen LogP contribution in [-0.2, 0) is 0 Å². The minimum atomic E-state index is 0.156. The summed E-state index contributed by atoms with van der Waals surface area (Å²) in [5.41, 5.74) is 0. The molecule has 0 heterocycles. The van der Waals surface area contributed by atoms with E-state index in [0.29, 0.717) is 0 Å². The van der Waals surface area contributed by atoms with E-state index in [-0.39, 0.29) is 21.2 Å². The lowest BCUT2D eigenvalue weighted by Crippen LogP contribution is -3.60. The smallest absolute Gasteiger partial charge is 0.0794 e. The third kappa shape index (κ3) is 1.83. The van der Waals surface area contributed by atoms with Gasteiger partial charge in [-0.1, -0.05) is 23.7 Å². The lowest BCUT2D eigenvalue weighted by atomic mass is 10.4. The lowest BCUT2D eigenvalue weighted by Gasteiger charge is -1.84. The first kappa shape index (κ1) is 7.35. The van der Waals surface area contributed by atoms with Crippen LogP contribution in [0.15, 0.2) is 24.3 Å². The third-order valence-electron chi connectivity index (χ3n) is 1.03. The number of hydrogen-bond donors (Lipinski definition) is 0. The highest BCUT2D eigenvalue weighted by molar-refractivity contribution is 6.30. The quantitative estimate of drug-likeness (QED) is 0.455. The Morgan fingerprint density at radius 1 is 1.33 bits per heavy atom. The van der Waals surface area contributed by atoms with Crippen molar-refractivity contribution in [2.24, 2.45) is 0 Å². The standard InChI is InChI=1S/C7H7ClI/c1-9-7-5-3-2-4-6(7)8/h2-5H,1H3/q+1. The molecule has 2 heteroatoms. The first-order valence-electron chi connectivity index (χ1n) is 2.58. The molecule has 9 heavy (non-hydrogen) atoms. The van der Waals surface area contributed by atoms with Crippen molar-refractivity contribution in [3.05, 3.63) is 32.9 Å². The van der Waals surface area contributed by atoms with Gasteiger partial charge in [0.05, 0.1) is 5.02 Å². The molecule has 0 aliphatic heterocycles. The fraction of sp³-hybridized carbons (Fsp3) is 0.143. The largest absolute Gasteiger partial charge is 0.311 e. The fourth-order valence-electron chi connectivity index (χ4n) is 0.593. The van der Waals surface area contributed by atoms with Crippen molar-refractivity contribution in [2.45, 2.75) is 0 Å². The molecule has 0 N–H and O–H groups in total. The SMILES string of the molecule is C[I+]c1ccccc1Cl. The second kappa shape index (κ2) is 3.42. The Hall–Kier alpha value is 0.240. The molecule has 0 bridgehead atoms. The summed E-state index contributed by atoms with van der Waals surface area (Å²) in [5, 5.41) is 0.924. The van der Waals surface area contributed by atoms with Gasteiger partial charge in [0.15, 0.2) is 0 Å². The zero-order valence-corrected chi connectivity index (χ0v) is 7.98. The summed E-state index contributed by atoms with van der Waals surface area (Å²) in [5.74, 6) is 0. The van der Waals surface area contributed by atoms with Crippen LogP contribution < -0.4 is 21.2 Å². The van der Waals surface area contributed by atoms with Gasteiger partial charge >= 0.3 is 21.2 Å². The van der Waals surface area contributed by atoms with Crippen LogP contribution in [0.3, 0.4) is 0 Å². The molecule has 48 valence electrons. The van der Waals surface area contributed by atoms with E-state index in [2.05, 4.69) is 11.0 Å². The number of alkyl halides is 1. The second-order valence-electron chi connectivity index (χ2n) is 1.60.